The van der Waals surface area contributed by atoms with Gasteiger partial charge in [-0.05, 0) is 30.7 Å². The highest BCUT2D eigenvalue weighted by Crippen LogP contribution is 2.32. The maximum atomic E-state index is 13.9. The minimum atomic E-state index is -0.521. The van der Waals surface area contributed by atoms with Crippen LogP contribution in [0.15, 0.2) is 51.9 Å². The van der Waals surface area contributed by atoms with E-state index in [9.17, 15) is 9.18 Å². The normalized spacial score (nSPS) is 11.0. The van der Waals surface area contributed by atoms with E-state index in [0.29, 0.717) is 22.2 Å². The number of ether oxygens (including phenoxy) is 2. The summed E-state index contributed by atoms with van der Waals surface area (Å²) in [7, 11) is 1.38. The summed E-state index contributed by atoms with van der Waals surface area (Å²) in [6, 6.07) is 9.31. The molecule has 0 fully saturated rings. The summed E-state index contributed by atoms with van der Waals surface area (Å²) in [5.41, 5.74) is 1.18. The molecule has 7 heteroatoms. The number of aryl methyl sites for hydroxylation is 1. The van der Waals surface area contributed by atoms with E-state index >= 15 is 0 Å². The Bertz CT molecular complexity index is 1200. The second-order valence-electron chi connectivity index (χ2n) is 5.69. The Morgan fingerprint density at radius 2 is 1.92 bits per heavy atom. The first-order valence-corrected chi connectivity index (χ1v) is 7.76. The van der Waals surface area contributed by atoms with Crippen LogP contribution in [0.4, 0.5) is 4.39 Å². The highest BCUT2D eigenvalue weighted by molar-refractivity contribution is 5.85. The molecule has 0 aliphatic carbocycles. The van der Waals surface area contributed by atoms with E-state index < -0.39 is 11.4 Å². The largest absolute Gasteiger partial charge is 0.494 e. The van der Waals surface area contributed by atoms with Gasteiger partial charge in [0.2, 0.25) is 5.88 Å². The summed E-state index contributed by atoms with van der Waals surface area (Å²) in [5, 5.41) is 1.31. The van der Waals surface area contributed by atoms with Crippen molar-refractivity contribution < 1.29 is 18.3 Å². The fraction of sp³-hybridized carbons (Fsp3) is 0.105. The van der Waals surface area contributed by atoms with Gasteiger partial charge in [-0.2, -0.15) is 0 Å². The van der Waals surface area contributed by atoms with Crippen molar-refractivity contribution >= 4 is 21.9 Å². The van der Waals surface area contributed by atoms with Gasteiger partial charge in [0.15, 0.2) is 11.6 Å². The Hall–Kier alpha value is -3.48. The number of methoxy groups -OCH3 is 1. The summed E-state index contributed by atoms with van der Waals surface area (Å²) in [4.78, 5) is 19.7. The third-order valence-corrected chi connectivity index (χ3v) is 4.01. The van der Waals surface area contributed by atoms with Crippen LogP contribution in [0.25, 0.3) is 21.9 Å². The summed E-state index contributed by atoms with van der Waals surface area (Å²) in [5.74, 6) is 0.210. The number of fused-ring (bicyclic) bond motifs is 2. The van der Waals surface area contributed by atoms with Crippen LogP contribution < -0.4 is 15.1 Å². The molecule has 0 radical (unpaired) electrons. The molecule has 0 unspecified atom stereocenters. The Morgan fingerprint density at radius 1 is 1.08 bits per heavy atom. The van der Waals surface area contributed by atoms with Crippen LogP contribution in [0.3, 0.4) is 0 Å². The van der Waals surface area contributed by atoms with Crippen LogP contribution in [-0.2, 0) is 0 Å². The van der Waals surface area contributed by atoms with Gasteiger partial charge in [-0.25, -0.2) is 19.2 Å². The second kappa shape index (κ2) is 6.11. The van der Waals surface area contributed by atoms with Gasteiger partial charge in [-0.3, -0.25) is 0 Å². The molecule has 0 aliphatic heterocycles. The van der Waals surface area contributed by atoms with Crippen LogP contribution in [-0.4, -0.2) is 17.1 Å². The Balaban J connectivity index is 1.82. The van der Waals surface area contributed by atoms with Crippen LogP contribution in [0, 0.1) is 12.7 Å². The van der Waals surface area contributed by atoms with Gasteiger partial charge in [0.25, 0.3) is 0 Å². The summed E-state index contributed by atoms with van der Waals surface area (Å²) >= 11 is 0. The molecule has 0 bridgehead atoms. The summed E-state index contributed by atoms with van der Waals surface area (Å²) < 4.78 is 29.9. The number of hydrogen-bond donors (Lipinski definition) is 0. The van der Waals surface area contributed by atoms with E-state index in [0.717, 1.165) is 10.9 Å². The third kappa shape index (κ3) is 2.73. The average molecular weight is 352 g/mol. The Morgan fingerprint density at radius 3 is 2.73 bits per heavy atom. The minimum Gasteiger partial charge on any atom is -0.494 e. The molecule has 4 aromatic rings. The molecule has 0 saturated heterocycles. The monoisotopic (exact) mass is 352 g/mol. The van der Waals surface area contributed by atoms with E-state index in [-0.39, 0.29) is 11.6 Å². The van der Waals surface area contributed by atoms with Gasteiger partial charge in [-0.15, -0.1) is 0 Å². The molecule has 0 saturated carbocycles. The van der Waals surface area contributed by atoms with Crippen LogP contribution in [0.1, 0.15) is 5.56 Å². The lowest BCUT2D eigenvalue weighted by atomic mass is 10.1. The van der Waals surface area contributed by atoms with Crippen molar-refractivity contribution in [1.82, 2.24) is 9.97 Å². The molecule has 2 heterocycles. The maximum absolute atomic E-state index is 13.9. The number of halogens is 1. The third-order valence-electron chi connectivity index (χ3n) is 4.01. The van der Waals surface area contributed by atoms with Crippen LogP contribution in [0.2, 0.25) is 0 Å². The molecule has 4 rings (SSSR count). The van der Waals surface area contributed by atoms with E-state index in [1.807, 2.05) is 6.92 Å². The lowest BCUT2D eigenvalue weighted by molar-refractivity contribution is 0.387. The van der Waals surface area contributed by atoms with Gasteiger partial charge < -0.3 is 13.9 Å². The number of hydrogen-bond acceptors (Lipinski definition) is 6. The fourth-order valence-electron chi connectivity index (χ4n) is 2.75. The Kier molecular flexibility index (Phi) is 3.76. The highest BCUT2D eigenvalue weighted by atomic mass is 19.1. The van der Waals surface area contributed by atoms with Crippen LogP contribution >= 0.6 is 0 Å². The van der Waals surface area contributed by atoms with E-state index in [1.165, 1.54) is 31.6 Å². The van der Waals surface area contributed by atoms with Gasteiger partial charge in [-0.1, -0.05) is 0 Å². The topological polar surface area (TPSA) is 74.5 Å². The van der Waals surface area contributed by atoms with E-state index in [2.05, 4.69) is 9.97 Å². The SMILES string of the molecule is COc1cc2c(Oc3ccc4c(C)cc(=O)oc4c3)ncnc2cc1F. The quantitative estimate of drug-likeness (QED) is 0.519. The average Bonchev–Trinajstić information content (AvgIpc) is 2.61. The van der Waals surface area contributed by atoms with Crippen LogP contribution in [0.5, 0.6) is 17.4 Å². The lowest BCUT2D eigenvalue weighted by Crippen LogP contribution is -1.98. The summed E-state index contributed by atoms with van der Waals surface area (Å²) in [6.07, 6.45) is 1.29. The van der Waals surface area contributed by atoms with E-state index in [4.69, 9.17) is 13.9 Å². The second-order valence-corrected chi connectivity index (χ2v) is 5.69. The Labute approximate surface area is 146 Å². The molecular formula is C19H13FN2O4. The first-order chi connectivity index (χ1) is 12.5. The highest BCUT2D eigenvalue weighted by Gasteiger charge is 2.12. The van der Waals surface area contributed by atoms with E-state index in [1.54, 1.807) is 18.2 Å². The molecule has 130 valence electrons. The number of rotatable bonds is 3. The summed E-state index contributed by atoms with van der Waals surface area (Å²) in [6.45, 7) is 1.83. The van der Waals surface area contributed by atoms with Gasteiger partial charge in [0.05, 0.1) is 18.0 Å². The predicted molar refractivity (Wildman–Crippen MR) is 93.3 cm³/mol. The number of benzene rings is 2. The molecular weight excluding hydrogens is 339 g/mol. The molecule has 6 nitrogen and oxygen atoms in total. The zero-order valence-electron chi connectivity index (χ0n) is 13.9. The number of nitrogens with zero attached hydrogens (tertiary/aromatic N) is 2. The molecule has 2 aromatic carbocycles. The van der Waals surface area contributed by atoms with Crippen molar-refractivity contribution in [1.29, 1.82) is 0 Å². The lowest BCUT2D eigenvalue weighted by Gasteiger charge is -2.10. The standard InChI is InChI=1S/C19H13FN2O4/c1-10-5-18(23)26-16-6-11(3-4-12(10)16)25-19-13-7-17(24-2)14(20)8-15(13)21-9-22-19/h3-9H,1-2H3. The van der Waals surface area contributed by atoms with Gasteiger partial charge in [0.1, 0.15) is 17.7 Å². The first-order valence-electron chi connectivity index (χ1n) is 7.76. The molecule has 0 amide bonds. The first kappa shape index (κ1) is 16.0. The molecule has 0 atom stereocenters. The molecule has 0 N–H and O–H groups in total. The van der Waals surface area contributed by atoms with Crippen molar-refractivity contribution in [3.8, 4) is 17.4 Å². The minimum absolute atomic E-state index is 0.0669. The van der Waals surface area contributed by atoms with Crippen molar-refractivity contribution in [3.63, 3.8) is 0 Å². The zero-order valence-corrected chi connectivity index (χ0v) is 13.9. The predicted octanol–water partition coefficient (Wildman–Crippen LogP) is 3.98. The van der Waals surface area contributed by atoms with Crippen molar-refractivity contribution in [3.05, 3.63) is 64.5 Å². The number of aromatic nitrogens is 2. The maximum Gasteiger partial charge on any atom is 0.336 e. The van der Waals surface area contributed by atoms with Crippen molar-refractivity contribution in [2.24, 2.45) is 0 Å². The zero-order chi connectivity index (χ0) is 18.3. The smallest absolute Gasteiger partial charge is 0.336 e. The van der Waals surface area contributed by atoms with Gasteiger partial charge in [0, 0.05) is 23.6 Å². The fourth-order valence-corrected chi connectivity index (χ4v) is 2.75. The molecule has 26 heavy (non-hydrogen) atoms. The van der Waals surface area contributed by atoms with Gasteiger partial charge >= 0.3 is 5.63 Å². The molecule has 2 aromatic heterocycles. The molecule has 0 spiro atoms. The van der Waals surface area contributed by atoms with Crippen molar-refractivity contribution in [2.75, 3.05) is 7.11 Å². The van der Waals surface area contributed by atoms with Crippen molar-refractivity contribution in [2.45, 2.75) is 6.92 Å². The molecule has 0 aliphatic rings.